The van der Waals surface area contributed by atoms with Gasteiger partial charge in [-0.2, -0.15) is 0 Å². The van der Waals surface area contributed by atoms with E-state index >= 15 is 0 Å². The van der Waals surface area contributed by atoms with Crippen molar-refractivity contribution in [3.8, 4) is 0 Å². The van der Waals surface area contributed by atoms with Gasteiger partial charge in [0.2, 0.25) is 5.91 Å². The second kappa shape index (κ2) is 8.11. The van der Waals surface area contributed by atoms with Crippen LogP contribution >= 0.6 is 34.4 Å². The van der Waals surface area contributed by atoms with Crippen LogP contribution in [0.15, 0.2) is 69.8 Å². The number of thiazole rings is 1. The molecule has 2 saturated carbocycles. The summed E-state index contributed by atoms with van der Waals surface area (Å²) in [4.78, 5) is 28.8. The van der Waals surface area contributed by atoms with E-state index in [1.165, 1.54) is 40.4 Å². The molecular weight excluding hydrogens is 481 g/mol. The van der Waals surface area contributed by atoms with E-state index in [-0.39, 0.29) is 17.3 Å². The average molecular weight is 505 g/mol. The smallest absolute Gasteiger partial charge is 0.308 e. The fraction of sp³-hybridized carbons (Fsp3) is 0.333. The standard InChI is InChI=1S/C27H24N2O2S3/c30-21(28-19-10-9-15-4-1-2-5-16(15)13-19)14-29-26-25(34-27(29)31)23(20-6-3-11-32-20)22-17-7-8-18(12-17)24(22)33-26/h1-6,9-11,13,17-18,22-24H,7-8,12,14H2,(H,28,30)/t17-,18-,22-,23-,24+/m0/s1. The number of fused-ring (bicyclic) bond motifs is 7. The Kier molecular flexibility index (Phi) is 5.00. The van der Waals surface area contributed by atoms with Gasteiger partial charge < -0.3 is 5.32 Å². The minimum Gasteiger partial charge on any atom is -0.325 e. The van der Waals surface area contributed by atoms with Crippen LogP contribution in [0, 0.1) is 17.8 Å². The Hall–Kier alpha value is -2.35. The molecule has 7 rings (SSSR count). The number of aromatic nitrogens is 1. The first-order chi connectivity index (χ1) is 16.7. The van der Waals surface area contributed by atoms with Gasteiger partial charge in [-0.05, 0) is 71.4 Å². The van der Waals surface area contributed by atoms with Gasteiger partial charge in [-0.3, -0.25) is 14.2 Å². The third kappa shape index (κ3) is 3.32. The van der Waals surface area contributed by atoms with Gasteiger partial charge in [0.1, 0.15) is 6.54 Å². The van der Waals surface area contributed by atoms with Crippen LogP contribution in [0.4, 0.5) is 5.69 Å². The van der Waals surface area contributed by atoms with E-state index in [2.05, 4.69) is 28.9 Å². The highest BCUT2D eigenvalue weighted by atomic mass is 32.2. The Morgan fingerprint density at radius 2 is 1.88 bits per heavy atom. The van der Waals surface area contributed by atoms with Gasteiger partial charge >= 0.3 is 4.87 Å². The van der Waals surface area contributed by atoms with Crippen molar-refractivity contribution in [3.63, 3.8) is 0 Å². The molecule has 7 heteroatoms. The summed E-state index contributed by atoms with van der Waals surface area (Å²) in [6.07, 6.45) is 3.96. The second-order valence-electron chi connectivity index (χ2n) is 9.72. The molecule has 1 amide bonds. The van der Waals surface area contributed by atoms with Crippen molar-refractivity contribution in [2.24, 2.45) is 17.8 Å². The molecule has 4 nitrogen and oxygen atoms in total. The van der Waals surface area contributed by atoms with Gasteiger partial charge in [0.25, 0.3) is 0 Å². The Labute approximate surface area is 210 Å². The molecule has 2 fully saturated rings. The summed E-state index contributed by atoms with van der Waals surface area (Å²) >= 11 is 5.06. The molecule has 0 radical (unpaired) electrons. The number of nitrogens with one attached hydrogen (secondary N) is 1. The van der Waals surface area contributed by atoms with E-state index in [0.717, 1.165) is 33.3 Å². The number of nitrogens with zero attached hydrogens (tertiary/aromatic N) is 1. The largest absolute Gasteiger partial charge is 0.325 e. The average Bonchev–Trinajstić information content (AvgIpc) is 3.64. The molecular formula is C27H24N2O2S3. The van der Waals surface area contributed by atoms with Gasteiger partial charge in [0.05, 0.1) is 5.03 Å². The number of thioether (sulfide) groups is 1. The maximum absolute atomic E-state index is 13.2. The van der Waals surface area contributed by atoms with Crippen LogP contribution in [0.25, 0.3) is 10.8 Å². The van der Waals surface area contributed by atoms with Crippen LogP contribution in [0.2, 0.25) is 0 Å². The lowest BCUT2D eigenvalue weighted by molar-refractivity contribution is -0.116. The van der Waals surface area contributed by atoms with Crippen LogP contribution in [0.1, 0.15) is 34.9 Å². The maximum atomic E-state index is 13.2. The van der Waals surface area contributed by atoms with Crippen molar-refractivity contribution in [1.82, 2.24) is 4.57 Å². The molecule has 2 aromatic heterocycles. The minimum absolute atomic E-state index is 0.0139. The Morgan fingerprint density at radius 3 is 2.74 bits per heavy atom. The highest BCUT2D eigenvalue weighted by Gasteiger charge is 2.55. The Balaban J connectivity index is 1.21. The van der Waals surface area contributed by atoms with Crippen LogP contribution in [-0.4, -0.2) is 15.7 Å². The van der Waals surface area contributed by atoms with Crippen molar-refractivity contribution in [2.75, 3.05) is 5.32 Å². The zero-order valence-corrected chi connectivity index (χ0v) is 20.9. The third-order valence-corrected chi connectivity index (χ3v) is 11.7. The monoisotopic (exact) mass is 504 g/mol. The number of anilines is 1. The molecule has 1 aliphatic heterocycles. The summed E-state index contributed by atoms with van der Waals surface area (Å²) in [7, 11) is 0. The lowest BCUT2D eigenvalue weighted by atomic mass is 9.77. The van der Waals surface area contributed by atoms with Crippen molar-refractivity contribution < 1.29 is 4.79 Å². The number of thiophene rings is 1. The molecule has 3 heterocycles. The van der Waals surface area contributed by atoms with Gasteiger partial charge in [0, 0.05) is 26.6 Å². The van der Waals surface area contributed by atoms with Crippen molar-refractivity contribution in [2.45, 2.75) is 42.0 Å². The van der Waals surface area contributed by atoms with Crippen molar-refractivity contribution in [1.29, 1.82) is 0 Å². The summed E-state index contributed by atoms with van der Waals surface area (Å²) in [5, 5.41) is 8.99. The first-order valence-electron chi connectivity index (χ1n) is 11.9. The predicted octanol–water partition coefficient (Wildman–Crippen LogP) is 6.42. The summed E-state index contributed by atoms with van der Waals surface area (Å²) in [6.45, 7) is 0.0626. The van der Waals surface area contributed by atoms with E-state index in [9.17, 15) is 9.59 Å². The molecule has 3 aliphatic rings. The summed E-state index contributed by atoms with van der Waals surface area (Å²) in [5.74, 6) is 2.28. The number of carbonyl (C=O) groups excluding carboxylic acids is 1. The maximum Gasteiger partial charge on any atom is 0.308 e. The highest BCUT2D eigenvalue weighted by Crippen LogP contribution is 2.64. The normalized spacial score (nSPS) is 27.0. The topological polar surface area (TPSA) is 51.1 Å². The first kappa shape index (κ1) is 21.0. The predicted molar refractivity (Wildman–Crippen MR) is 141 cm³/mol. The lowest BCUT2D eigenvalue weighted by Gasteiger charge is -2.40. The zero-order valence-electron chi connectivity index (χ0n) is 18.5. The summed E-state index contributed by atoms with van der Waals surface area (Å²) < 4.78 is 1.74. The van der Waals surface area contributed by atoms with Crippen LogP contribution in [0.3, 0.4) is 0 Å². The fourth-order valence-corrected chi connectivity index (χ4v) is 10.6. The zero-order chi connectivity index (χ0) is 22.8. The molecule has 0 saturated heterocycles. The van der Waals surface area contributed by atoms with Crippen LogP contribution in [0.5, 0.6) is 0 Å². The van der Waals surface area contributed by atoms with Crippen molar-refractivity contribution >= 4 is 56.8 Å². The van der Waals surface area contributed by atoms with E-state index in [4.69, 9.17) is 0 Å². The highest BCUT2D eigenvalue weighted by molar-refractivity contribution is 8.00. The third-order valence-electron chi connectivity index (χ3n) is 7.88. The van der Waals surface area contributed by atoms with E-state index in [1.54, 1.807) is 4.57 Å². The summed E-state index contributed by atoms with van der Waals surface area (Å²) in [5.41, 5.74) is 0.762. The molecule has 172 valence electrons. The van der Waals surface area contributed by atoms with E-state index in [1.807, 2.05) is 59.5 Å². The van der Waals surface area contributed by atoms with Gasteiger partial charge in [-0.15, -0.1) is 23.1 Å². The minimum atomic E-state index is -0.152. The molecule has 2 aliphatic carbocycles. The number of hydrogen-bond acceptors (Lipinski definition) is 5. The Morgan fingerprint density at radius 1 is 1.03 bits per heavy atom. The molecule has 34 heavy (non-hydrogen) atoms. The number of rotatable bonds is 4. The molecule has 0 spiro atoms. The van der Waals surface area contributed by atoms with Crippen LogP contribution < -0.4 is 10.2 Å². The quantitative estimate of drug-likeness (QED) is 0.349. The van der Waals surface area contributed by atoms with Crippen molar-refractivity contribution in [3.05, 3.63) is 79.4 Å². The number of carbonyl (C=O) groups is 1. The van der Waals surface area contributed by atoms with E-state index in [0.29, 0.717) is 17.1 Å². The molecule has 2 aromatic carbocycles. The van der Waals surface area contributed by atoms with Gasteiger partial charge in [0.15, 0.2) is 0 Å². The van der Waals surface area contributed by atoms with Gasteiger partial charge in [-0.25, -0.2) is 0 Å². The second-order valence-corrected chi connectivity index (χ2v) is 12.9. The lowest BCUT2D eigenvalue weighted by Crippen LogP contribution is -2.34. The number of hydrogen-bond donors (Lipinski definition) is 1. The first-order valence-corrected chi connectivity index (χ1v) is 14.5. The fourth-order valence-electron chi connectivity index (χ4n) is 6.49. The molecule has 4 aromatic rings. The molecule has 1 N–H and O–H groups in total. The molecule has 0 unspecified atom stereocenters. The Bertz CT molecular complexity index is 1450. The van der Waals surface area contributed by atoms with E-state index < -0.39 is 0 Å². The molecule has 2 bridgehead atoms. The summed E-state index contributed by atoms with van der Waals surface area (Å²) in [6, 6.07) is 18.4. The number of amides is 1. The van der Waals surface area contributed by atoms with Gasteiger partial charge in [-0.1, -0.05) is 47.7 Å². The molecule has 5 atom stereocenters. The SMILES string of the molecule is O=C(Cn1c2c(sc1=O)[C@@H](c1cccs1)[C@@H]1[C@H]3CC[C@@H](C3)[C@H]1S2)Nc1ccc2ccccc2c1. The van der Waals surface area contributed by atoms with Crippen LogP contribution in [-0.2, 0) is 11.3 Å². The number of benzene rings is 2.